The molecule has 0 heterocycles. The fourth-order valence-electron chi connectivity index (χ4n) is 0.915. The summed E-state index contributed by atoms with van der Waals surface area (Å²) in [4.78, 5) is 3.60. The van der Waals surface area contributed by atoms with E-state index in [0.29, 0.717) is 18.1 Å². The monoisotopic (exact) mass is 199 g/mol. The maximum absolute atomic E-state index is 9.68. The Morgan fingerprint density at radius 2 is 2.21 bits per heavy atom. The average Bonchev–Trinajstić information content (AvgIpc) is 2.13. The van der Waals surface area contributed by atoms with Crippen molar-refractivity contribution in [1.82, 2.24) is 0 Å². The van der Waals surface area contributed by atoms with Crippen molar-refractivity contribution in [3.05, 3.63) is 24.1 Å². The van der Waals surface area contributed by atoms with Gasteiger partial charge in [0.1, 0.15) is 5.76 Å². The summed E-state index contributed by atoms with van der Waals surface area (Å²) in [7, 11) is 1.46. The molecule has 0 saturated heterocycles. The molecule has 0 bridgehead atoms. The molecule has 1 atom stereocenters. The minimum absolute atomic E-state index is 0.346. The lowest BCUT2D eigenvalue weighted by molar-refractivity contribution is -0.150. The summed E-state index contributed by atoms with van der Waals surface area (Å²) in [6, 6.07) is 0. The third-order valence-electron chi connectivity index (χ3n) is 1.53. The van der Waals surface area contributed by atoms with Crippen LogP contribution < -0.4 is 0 Å². The first-order chi connectivity index (χ1) is 6.46. The Hall–Kier alpha value is -1.13. The van der Waals surface area contributed by atoms with Gasteiger partial charge >= 0.3 is 0 Å². The summed E-state index contributed by atoms with van der Waals surface area (Å²) >= 11 is 0. The van der Waals surface area contributed by atoms with Gasteiger partial charge in [-0.25, -0.2) is 0 Å². The normalized spacial score (nSPS) is 15.9. The van der Waals surface area contributed by atoms with E-state index in [1.54, 1.807) is 6.92 Å². The Bertz CT molecular complexity index is 244. The molecule has 0 fully saturated rings. The van der Waals surface area contributed by atoms with Crippen molar-refractivity contribution in [1.29, 1.82) is 0 Å². The van der Waals surface area contributed by atoms with Crippen LogP contribution in [-0.4, -0.2) is 31.3 Å². The van der Waals surface area contributed by atoms with Crippen LogP contribution in [-0.2, 0) is 9.47 Å². The maximum Gasteiger partial charge on any atom is 0.186 e. The van der Waals surface area contributed by atoms with Gasteiger partial charge in [0.15, 0.2) is 5.79 Å². The van der Waals surface area contributed by atoms with Gasteiger partial charge in [-0.2, -0.15) is 0 Å². The fourth-order valence-corrected chi connectivity index (χ4v) is 0.915. The lowest BCUT2D eigenvalue weighted by atomic mass is 10.2. The summed E-state index contributed by atoms with van der Waals surface area (Å²) in [6.07, 6.45) is 1.40. The molecule has 1 unspecified atom stereocenters. The third-order valence-corrected chi connectivity index (χ3v) is 1.53. The predicted octanol–water partition coefficient (Wildman–Crippen LogP) is 1.48. The second-order valence-electron chi connectivity index (χ2n) is 2.81. The Balaban J connectivity index is 4.73. The van der Waals surface area contributed by atoms with Crippen molar-refractivity contribution in [2.45, 2.75) is 19.6 Å². The summed E-state index contributed by atoms with van der Waals surface area (Å²) in [5.74, 6) is -1.04. The third kappa shape index (κ3) is 4.20. The molecule has 14 heavy (non-hydrogen) atoms. The molecule has 0 spiro atoms. The fraction of sp³-hybridized carbons (Fsp3) is 0.500. The zero-order valence-electron chi connectivity index (χ0n) is 8.91. The van der Waals surface area contributed by atoms with E-state index in [4.69, 9.17) is 9.47 Å². The van der Waals surface area contributed by atoms with Gasteiger partial charge in [0.25, 0.3) is 0 Å². The van der Waals surface area contributed by atoms with Crippen molar-refractivity contribution in [2.24, 2.45) is 4.99 Å². The highest BCUT2D eigenvalue weighted by atomic mass is 16.6. The molecule has 0 rings (SSSR count). The Labute approximate surface area is 84.6 Å². The van der Waals surface area contributed by atoms with Crippen LogP contribution in [0, 0.1) is 0 Å². The first-order valence-electron chi connectivity index (χ1n) is 4.26. The first-order valence-corrected chi connectivity index (χ1v) is 4.26. The number of hydrogen-bond acceptors (Lipinski definition) is 4. The molecular formula is C10H17NO3. The number of nitrogens with zero attached hydrogens (tertiary/aromatic N) is 1. The maximum atomic E-state index is 9.68. The lowest BCUT2D eigenvalue weighted by Gasteiger charge is -2.20. The standard InChI is InChI=1S/C10H17NO3/c1-6-14-10(3,12)7-9(13-5)8(2)11-4/h7,12H,2,4,6H2,1,3,5H3/b9-7+. The van der Waals surface area contributed by atoms with E-state index in [1.165, 1.54) is 20.1 Å². The Morgan fingerprint density at radius 1 is 1.64 bits per heavy atom. The largest absolute Gasteiger partial charge is 0.495 e. The summed E-state index contributed by atoms with van der Waals surface area (Å²) < 4.78 is 10.0. The van der Waals surface area contributed by atoms with E-state index in [9.17, 15) is 5.11 Å². The summed E-state index contributed by atoms with van der Waals surface area (Å²) in [5.41, 5.74) is 0.354. The van der Waals surface area contributed by atoms with Crippen LogP contribution in [0.15, 0.2) is 29.1 Å². The molecule has 0 amide bonds. The molecule has 0 radical (unpaired) electrons. The van der Waals surface area contributed by atoms with Gasteiger partial charge in [0.05, 0.1) is 12.8 Å². The topological polar surface area (TPSA) is 51.1 Å². The molecule has 0 aliphatic heterocycles. The van der Waals surface area contributed by atoms with Gasteiger partial charge in [-0.3, -0.25) is 4.99 Å². The minimum Gasteiger partial charge on any atom is -0.495 e. The molecule has 1 N–H and O–H groups in total. The molecule has 80 valence electrons. The zero-order valence-corrected chi connectivity index (χ0v) is 8.91. The molecule has 0 aromatic rings. The highest BCUT2D eigenvalue weighted by molar-refractivity contribution is 5.35. The van der Waals surface area contributed by atoms with E-state index in [0.717, 1.165) is 0 Å². The number of aliphatic imine (C=N–C) groups is 1. The molecule has 0 aliphatic rings. The zero-order chi connectivity index (χ0) is 11.2. The summed E-state index contributed by atoms with van der Waals surface area (Å²) in [6.45, 7) is 10.6. The van der Waals surface area contributed by atoms with E-state index >= 15 is 0 Å². The van der Waals surface area contributed by atoms with Gasteiger partial charge in [0.2, 0.25) is 0 Å². The van der Waals surface area contributed by atoms with E-state index in [2.05, 4.69) is 18.3 Å². The molecule has 4 heteroatoms. The summed E-state index contributed by atoms with van der Waals surface area (Å²) in [5, 5.41) is 9.68. The van der Waals surface area contributed by atoms with Gasteiger partial charge in [-0.1, -0.05) is 6.58 Å². The number of rotatable bonds is 6. The van der Waals surface area contributed by atoms with Crippen LogP contribution in [0.4, 0.5) is 0 Å². The number of aliphatic hydroxyl groups is 1. The SMILES string of the molecule is C=NC(=C)/C(=C\C(C)(O)OCC)OC. The average molecular weight is 199 g/mol. The highest BCUT2D eigenvalue weighted by Crippen LogP contribution is 2.16. The van der Waals surface area contributed by atoms with Crippen LogP contribution in [0.1, 0.15) is 13.8 Å². The van der Waals surface area contributed by atoms with Crippen molar-refractivity contribution in [3.8, 4) is 0 Å². The lowest BCUT2D eigenvalue weighted by Crippen LogP contribution is -2.26. The van der Waals surface area contributed by atoms with Crippen LogP contribution in [0.5, 0.6) is 0 Å². The molecule has 0 saturated carbocycles. The molecule has 0 aliphatic carbocycles. The van der Waals surface area contributed by atoms with Crippen LogP contribution in [0.25, 0.3) is 0 Å². The second-order valence-corrected chi connectivity index (χ2v) is 2.81. The number of ether oxygens (including phenoxy) is 2. The van der Waals surface area contributed by atoms with E-state index < -0.39 is 5.79 Å². The minimum atomic E-state index is -1.38. The predicted molar refractivity (Wildman–Crippen MR) is 56.0 cm³/mol. The Morgan fingerprint density at radius 3 is 2.57 bits per heavy atom. The van der Waals surface area contributed by atoms with Gasteiger partial charge in [0, 0.05) is 12.7 Å². The second kappa shape index (κ2) is 5.57. The van der Waals surface area contributed by atoms with Crippen LogP contribution in [0.2, 0.25) is 0 Å². The van der Waals surface area contributed by atoms with Crippen molar-refractivity contribution >= 4 is 6.72 Å². The first kappa shape index (κ1) is 12.9. The molecule has 0 aromatic carbocycles. The molecule has 4 nitrogen and oxygen atoms in total. The van der Waals surface area contributed by atoms with Crippen LogP contribution in [0.3, 0.4) is 0 Å². The van der Waals surface area contributed by atoms with Crippen molar-refractivity contribution < 1.29 is 14.6 Å². The van der Waals surface area contributed by atoms with Gasteiger partial charge < -0.3 is 14.6 Å². The number of methoxy groups -OCH3 is 1. The van der Waals surface area contributed by atoms with Crippen molar-refractivity contribution in [3.63, 3.8) is 0 Å². The molecular weight excluding hydrogens is 182 g/mol. The molecule has 0 aromatic heterocycles. The van der Waals surface area contributed by atoms with E-state index in [-0.39, 0.29) is 0 Å². The number of hydrogen-bond donors (Lipinski definition) is 1. The van der Waals surface area contributed by atoms with Gasteiger partial charge in [-0.15, -0.1) is 0 Å². The highest BCUT2D eigenvalue weighted by Gasteiger charge is 2.19. The van der Waals surface area contributed by atoms with Gasteiger partial charge in [-0.05, 0) is 20.6 Å². The van der Waals surface area contributed by atoms with E-state index in [1.807, 2.05) is 0 Å². The quantitative estimate of drug-likeness (QED) is 0.305. The smallest absolute Gasteiger partial charge is 0.186 e. The van der Waals surface area contributed by atoms with Crippen molar-refractivity contribution in [2.75, 3.05) is 13.7 Å². The Kier molecular flexibility index (Phi) is 5.12. The van der Waals surface area contributed by atoms with Crippen LogP contribution >= 0.6 is 0 Å².